The summed E-state index contributed by atoms with van der Waals surface area (Å²) < 4.78 is 11.0. The Labute approximate surface area is 161 Å². The molecule has 6 heteroatoms. The van der Waals surface area contributed by atoms with E-state index in [-0.39, 0.29) is 5.97 Å². The monoisotopic (exact) mass is 371 g/mol. The van der Waals surface area contributed by atoms with E-state index < -0.39 is 0 Å². The van der Waals surface area contributed by atoms with Crippen molar-refractivity contribution in [2.75, 3.05) is 11.9 Å². The van der Waals surface area contributed by atoms with E-state index in [0.717, 1.165) is 34.8 Å². The van der Waals surface area contributed by atoms with Crippen LogP contribution in [-0.4, -0.2) is 22.7 Å². The lowest BCUT2D eigenvalue weighted by atomic mass is 10.1. The molecule has 1 aliphatic carbocycles. The summed E-state index contributed by atoms with van der Waals surface area (Å²) in [4.78, 5) is 11.4. The molecule has 1 saturated carbocycles. The highest BCUT2D eigenvalue weighted by molar-refractivity contribution is 5.82. The molecule has 0 spiro atoms. The highest BCUT2D eigenvalue weighted by Crippen LogP contribution is 2.33. The van der Waals surface area contributed by atoms with Crippen LogP contribution in [0.2, 0.25) is 0 Å². The van der Waals surface area contributed by atoms with Crippen molar-refractivity contribution < 1.29 is 13.9 Å². The second-order valence-corrected chi connectivity index (χ2v) is 7.11. The number of ether oxygens (including phenoxy) is 1. The van der Waals surface area contributed by atoms with Crippen LogP contribution in [0.25, 0.3) is 22.9 Å². The minimum absolute atomic E-state index is 0.254. The van der Waals surface area contributed by atoms with Crippen LogP contribution in [0.5, 0.6) is 5.75 Å². The molecule has 0 radical (unpaired) electrons. The molecule has 1 aromatic heterocycles. The number of esters is 1. The van der Waals surface area contributed by atoms with Crippen molar-refractivity contribution >= 4 is 11.7 Å². The van der Waals surface area contributed by atoms with Crippen LogP contribution < -0.4 is 10.1 Å². The van der Waals surface area contributed by atoms with Crippen LogP contribution in [0, 0.1) is 18.3 Å². The Bertz CT molecular complexity index is 1120. The molecule has 1 N–H and O–H groups in total. The van der Waals surface area contributed by atoms with Crippen molar-refractivity contribution in [2.45, 2.75) is 19.3 Å². The first-order valence-corrected chi connectivity index (χ1v) is 9.22. The summed E-state index contributed by atoms with van der Waals surface area (Å²) >= 11 is 0. The summed E-state index contributed by atoms with van der Waals surface area (Å²) in [7, 11) is 0. The van der Waals surface area contributed by atoms with Crippen LogP contribution in [0.1, 0.15) is 24.0 Å². The van der Waals surface area contributed by atoms with Gasteiger partial charge >= 0.3 is 5.97 Å². The lowest BCUT2D eigenvalue weighted by Crippen LogP contribution is -2.04. The number of rotatable bonds is 5. The quantitative estimate of drug-likeness (QED) is 0.419. The van der Waals surface area contributed by atoms with E-state index in [1.807, 2.05) is 30.3 Å². The Kier molecular flexibility index (Phi) is 3.87. The summed E-state index contributed by atoms with van der Waals surface area (Å²) in [6.45, 7) is 0.946. The molecule has 2 aliphatic rings. The SMILES string of the molecule is C#Cc1cc(-c2nnc(-c3ccc4c(c3)OC(=O)C4)o2)ccc1NCC1CC1. The van der Waals surface area contributed by atoms with Crippen molar-refractivity contribution in [3.05, 3.63) is 47.5 Å². The molecule has 138 valence electrons. The number of hydrogen-bond donors (Lipinski definition) is 1. The first-order valence-electron chi connectivity index (χ1n) is 9.22. The maximum atomic E-state index is 11.4. The van der Waals surface area contributed by atoms with E-state index in [4.69, 9.17) is 15.6 Å². The molecule has 2 aromatic carbocycles. The Morgan fingerprint density at radius 2 is 1.86 bits per heavy atom. The topological polar surface area (TPSA) is 77.2 Å². The van der Waals surface area contributed by atoms with Crippen LogP contribution in [0.4, 0.5) is 5.69 Å². The summed E-state index contributed by atoms with van der Waals surface area (Å²) in [5.41, 5.74) is 4.03. The average molecular weight is 371 g/mol. The van der Waals surface area contributed by atoms with Crippen LogP contribution in [0.3, 0.4) is 0 Å². The molecule has 0 atom stereocenters. The fourth-order valence-corrected chi connectivity index (χ4v) is 3.23. The van der Waals surface area contributed by atoms with Gasteiger partial charge in [0.1, 0.15) is 5.75 Å². The van der Waals surface area contributed by atoms with E-state index in [1.54, 1.807) is 6.07 Å². The molecule has 1 aliphatic heterocycles. The third-order valence-corrected chi connectivity index (χ3v) is 5.00. The fraction of sp³-hybridized carbons (Fsp3) is 0.227. The second kappa shape index (κ2) is 6.54. The average Bonchev–Trinajstić information content (AvgIpc) is 3.26. The number of anilines is 1. The van der Waals surface area contributed by atoms with Gasteiger partial charge in [-0.3, -0.25) is 4.79 Å². The van der Waals surface area contributed by atoms with Gasteiger partial charge in [0.15, 0.2) is 0 Å². The summed E-state index contributed by atoms with van der Waals surface area (Å²) in [6, 6.07) is 11.2. The third-order valence-electron chi connectivity index (χ3n) is 5.00. The van der Waals surface area contributed by atoms with E-state index in [1.165, 1.54) is 12.8 Å². The number of nitrogens with one attached hydrogen (secondary N) is 1. The minimum atomic E-state index is -0.254. The van der Waals surface area contributed by atoms with Gasteiger partial charge in [-0.2, -0.15) is 0 Å². The summed E-state index contributed by atoms with van der Waals surface area (Å²) in [5, 5.41) is 11.7. The number of carbonyl (C=O) groups is 1. The maximum absolute atomic E-state index is 11.4. The van der Waals surface area contributed by atoms with Crippen molar-refractivity contribution in [1.82, 2.24) is 10.2 Å². The normalized spacial score (nSPS) is 15.0. The number of carbonyl (C=O) groups excluding carboxylic acids is 1. The van der Waals surface area contributed by atoms with Gasteiger partial charge in [0.05, 0.1) is 6.42 Å². The smallest absolute Gasteiger partial charge is 0.315 e. The van der Waals surface area contributed by atoms with E-state index in [0.29, 0.717) is 29.5 Å². The van der Waals surface area contributed by atoms with E-state index in [9.17, 15) is 4.79 Å². The molecule has 0 bridgehead atoms. The predicted octanol–water partition coefficient (Wildman–Crippen LogP) is 3.67. The molecule has 28 heavy (non-hydrogen) atoms. The van der Waals surface area contributed by atoms with Crippen LogP contribution in [-0.2, 0) is 11.2 Å². The van der Waals surface area contributed by atoms with E-state index >= 15 is 0 Å². The standard InChI is InChI=1S/C22H17N3O3/c1-2-14-9-16(7-8-18(14)23-12-13-3-4-13)21-24-25-22(28-21)17-6-5-15-11-20(26)27-19(15)10-17/h1,5-10,13,23H,3-4,11-12H2. The van der Waals surface area contributed by atoms with Gasteiger partial charge in [0, 0.05) is 34.5 Å². The number of hydrogen-bond acceptors (Lipinski definition) is 6. The highest BCUT2D eigenvalue weighted by Gasteiger charge is 2.23. The van der Waals surface area contributed by atoms with Crippen molar-refractivity contribution in [3.63, 3.8) is 0 Å². The van der Waals surface area contributed by atoms with Crippen molar-refractivity contribution in [1.29, 1.82) is 0 Å². The number of aromatic nitrogens is 2. The zero-order chi connectivity index (χ0) is 19.1. The molecule has 0 amide bonds. The van der Waals surface area contributed by atoms with Crippen molar-refractivity contribution in [3.8, 4) is 41.0 Å². The van der Waals surface area contributed by atoms with Crippen molar-refractivity contribution in [2.24, 2.45) is 5.92 Å². The molecule has 0 unspecified atom stereocenters. The molecule has 2 heterocycles. The predicted molar refractivity (Wildman–Crippen MR) is 104 cm³/mol. The van der Waals surface area contributed by atoms with Gasteiger partial charge in [-0.15, -0.1) is 16.6 Å². The number of fused-ring (bicyclic) bond motifs is 1. The zero-order valence-corrected chi connectivity index (χ0v) is 15.1. The second-order valence-electron chi connectivity index (χ2n) is 7.11. The lowest BCUT2D eigenvalue weighted by Gasteiger charge is -2.08. The Morgan fingerprint density at radius 1 is 1.11 bits per heavy atom. The summed E-state index contributed by atoms with van der Waals surface area (Å²) in [6.07, 6.45) is 8.54. The summed E-state index contributed by atoms with van der Waals surface area (Å²) in [5.74, 6) is 4.52. The Morgan fingerprint density at radius 3 is 2.61 bits per heavy atom. The van der Waals surface area contributed by atoms with E-state index in [2.05, 4.69) is 21.4 Å². The number of nitrogens with zero attached hydrogens (tertiary/aromatic N) is 2. The van der Waals surface area contributed by atoms with Gasteiger partial charge in [-0.25, -0.2) is 0 Å². The van der Waals surface area contributed by atoms with Crippen LogP contribution in [0.15, 0.2) is 40.8 Å². The minimum Gasteiger partial charge on any atom is -0.426 e. The zero-order valence-electron chi connectivity index (χ0n) is 15.1. The number of benzene rings is 2. The molecule has 1 fully saturated rings. The van der Waals surface area contributed by atoms with Gasteiger partial charge in [-0.1, -0.05) is 12.0 Å². The highest BCUT2D eigenvalue weighted by atomic mass is 16.5. The lowest BCUT2D eigenvalue weighted by molar-refractivity contribution is -0.131. The fourth-order valence-electron chi connectivity index (χ4n) is 3.23. The Balaban J connectivity index is 1.41. The Hall–Kier alpha value is -3.59. The molecule has 6 nitrogen and oxygen atoms in total. The number of terminal acetylenes is 1. The van der Waals surface area contributed by atoms with Gasteiger partial charge < -0.3 is 14.5 Å². The molecule has 3 aromatic rings. The maximum Gasteiger partial charge on any atom is 0.315 e. The third kappa shape index (κ3) is 3.12. The van der Waals surface area contributed by atoms with Gasteiger partial charge in [-0.05, 0) is 49.1 Å². The van der Waals surface area contributed by atoms with Gasteiger partial charge in [0.25, 0.3) is 0 Å². The van der Waals surface area contributed by atoms with Crippen LogP contribution >= 0.6 is 0 Å². The molecule has 5 rings (SSSR count). The first-order chi connectivity index (χ1) is 13.7. The molecular formula is C22H17N3O3. The first kappa shape index (κ1) is 16.6. The van der Waals surface area contributed by atoms with Gasteiger partial charge in [0.2, 0.25) is 11.8 Å². The molecule has 0 saturated heterocycles. The largest absolute Gasteiger partial charge is 0.426 e. The molecular weight excluding hydrogens is 354 g/mol.